The number of rotatable bonds is 10. The molecule has 2 heterocycles. The molecule has 1 fully saturated rings. The van der Waals surface area contributed by atoms with Crippen molar-refractivity contribution in [3.8, 4) is 28.3 Å². The third-order valence-corrected chi connectivity index (χ3v) is 7.30. The molecule has 0 unspecified atom stereocenters. The Kier molecular flexibility index (Phi) is 7.46. The average molecular weight is 532 g/mol. The number of benzene rings is 2. The monoisotopic (exact) mass is 531 g/mol. The van der Waals surface area contributed by atoms with E-state index in [4.69, 9.17) is 9.72 Å². The zero-order valence-corrected chi connectivity index (χ0v) is 21.5. The predicted octanol–water partition coefficient (Wildman–Crippen LogP) is 5.85. The molecule has 0 saturated heterocycles. The van der Waals surface area contributed by atoms with E-state index in [1.54, 1.807) is 28.6 Å². The molecule has 7 nitrogen and oxygen atoms in total. The van der Waals surface area contributed by atoms with E-state index in [0.717, 1.165) is 29.5 Å². The van der Waals surface area contributed by atoms with Crippen LogP contribution >= 0.6 is 11.3 Å². The number of halogens is 1. The summed E-state index contributed by atoms with van der Waals surface area (Å²) in [6.45, 7) is 0. The van der Waals surface area contributed by atoms with Crippen LogP contribution in [-0.2, 0) is 16.0 Å². The number of nitrogens with zero attached hydrogens (tertiary/aromatic N) is 3. The Morgan fingerprint density at radius 2 is 1.92 bits per heavy atom. The van der Waals surface area contributed by atoms with Gasteiger partial charge in [0.25, 0.3) is 0 Å². The summed E-state index contributed by atoms with van der Waals surface area (Å²) in [4.78, 5) is 36.1. The number of methoxy groups -OCH3 is 1. The molecule has 1 aliphatic rings. The second kappa shape index (κ2) is 11.1. The number of anilines is 1. The van der Waals surface area contributed by atoms with Crippen molar-refractivity contribution in [2.45, 2.75) is 31.7 Å². The Labute approximate surface area is 223 Å². The number of carbonyl (C=O) groups is 2. The quantitative estimate of drug-likeness (QED) is 0.276. The summed E-state index contributed by atoms with van der Waals surface area (Å²) < 4.78 is 19.5. The summed E-state index contributed by atoms with van der Waals surface area (Å²) >= 11 is 1.30. The lowest BCUT2D eigenvalue weighted by atomic mass is 9.94. The highest BCUT2D eigenvalue weighted by Gasteiger charge is 2.39. The highest BCUT2D eigenvalue weighted by molar-refractivity contribution is 7.14. The van der Waals surface area contributed by atoms with Gasteiger partial charge in [-0.05, 0) is 48.6 Å². The van der Waals surface area contributed by atoms with E-state index in [9.17, 15) is 19.1 Å². The zero-order chi connectivity index (χ0) is 26.6. The molecule has 4 aromatic rings. The van der Waals surface area contributed by atoms with Gasteiger partial charge in [-0.3, -0.25) is 14.5 Å². The first-order valence-corrected chi connectivity index (χ1v) is 13.2. The van der Waals surface area contributed by atoms with Crippen LogP contribution in [0.25, 0.3) is 22.4 Å². The molecule has 1 aliphatic carbocycles. The fourth-order valence-electron chi connectivity index (χ4n) is 4.46. The minimum atomic E-state index is -1.02. The maximum atomic E-state index is 14.4. The zero-order valence-electron chi connectivity index (χ0n) is 20.7. The Balaban J connectivity index is 1.47. The fourth-order valence-corrected chi connectivity index (χ4v) is 5.36. The normalized spacial score (nSPS) is 13.6. The van der Waals surface area contributed by atoms with Crippen molar-refractivity contribution in [1.82, 2.24) is 9.97 Å². The summed E-state index contributed by atoms with van der Waals surface area (Å²) in [5.41, 5.74) is 3.53. The van der Waals surface area contributed by atoms with Crippen molar-refractivity contribution in [2.75, 3.05) is 12.0 Å². The van der Waals surface area contributed by atoms with Crippen molar-refractivity contribution in [3.63, 3.8) is 0 Å². The molecule has 0 radical (unpaired) electrons. The first-order valence-electron chi connectivity index (χ1n) is 12.3. The van der Waals surface area contributed by atoms with Gasteiger partial charge in [-0.1, -0.05) is 36.4 Å². The van der Waals surface area contributed by atoms with Gasteiger partial charge in [-0.15, -0.1) is 11.3 Å². The van der Waals surface area contributed by atoms with Gasteiger partial charge >= 0.3 is 5.97 Å². The molecule has 2 aromatic carbocycles. The van der Waals surface area contributed by atoms with Crippen molar-refractivity contribution in [1.29, 1.82) is 0 Å². The number of aliphatic carboxylic acids is 1. The van der Waals surface area contributed by atoms with E-state index >= 15 is 0 Å². The third kappa shape index (κ3) is 5.73. The number of amides is 1. The Morgan fingerprint density at radius 3 is 2.58 bits per heavy atom. The molecule has 2 aromatic heterocycles. The number of pyridine rings is 1. The van der Waals surface area contributed by atoms with E-state index in [-0.39, 0.29) is 18.4 Å². The van der Waals surface area contributed by atoms with Gasteiger partial charge in [0, 0.05) is 34.8 Å². The Bertz CT molecular complexity index is 1440. The second-order valence-electron chi connectivity index (χ2n) is 9.22. The lowest BCUT2D eigenvalue weighted by Crippen LogP contribution is -2.39. The molecule has 38 heavy (non-hydrogen) atoms. The van der Waals surface area contributed by atoms with Crippen molar-refractivity contribution < 1.29 is 23.8 Å². The number of carboxylic acids is 1. The van der Waals surface area contributed by atoms with Crippen LogP contribution in [0.4, 0.5) is 9.52 Å². The van der Waals surface area contributed by atoms with Crippen LogP contribution in [0, 0.1) is 11.7 Å². The lowest BCUT2D eigenvalue weighted by molar-refractivity contribution is -0.140. The number of hydrogen-bond donors (Lipinski definition) is 1. The summed E-state index contributed by atoms with van der Waals surface area (Å²) in [7, 11) is 1.54. The summed E-state index contributed by atoms with van der Waals surface area (Å²) in [5, 5.41) is 11.8. The predicted molar refractivity (Wildman–Crippen MR) is 144 cm³/mol. The van der Waals surface area contributed by atoms with Gasteiger partial charge in [0.05, 0.1) is 25.1 Å². The summed E-state index contributed by atoms with van der Waals surface area (Å²) in [6.07, 6.45) is 3.37. The van der Waals surface area contributed by atoms with Gasteiger partial charge in [0.1, 0.15) is 5.82 Å². The minimum Gasteiger partial charge on any atom is -0.481 e. The van der Waals surface area contributed by atoms with Crippen LogP contribution in [0.3, 0.4) is 0 Å². The van der Waals surface area contributed by atoms with Gasteiger partial charge in [-0.25, -0.2) is 14.4 Å². The molecule has 0 aliphatic heterocycles. The number of ether oxygens (including phenoxy) is 1. The Morgan fingerprint density at radius 1 is 1.13 bits per heavy atom. The highest BCUT2D eigenvalue weighted by atomic mass is 32.1. The first kappa shape index (κ1) is 25.5. The van der Waals surface area contributed by atoms with Crippen LogP contribution in [-0.4, -0.2) is 40.1 Å². The standard InChI is InChI=1S/C29H26FN3O4S/c1-37-26-12-7-19(16-31-26)23-11-8-21(30)15-24(23)25-17-38-29(32-25)33(22-9-10-22)28(36)20(14-27(34)35)13-18-5-3-2-4-6-18/h2-8,11-12,15-17,20,22H,9-10,13-14H2,1H3,(H,34,35)/t20-/m1/s1. The number of aromatic nitrogens is 2. The number of carbonyl (C=O) groups excluding carboxylic acids is 1. The number of thiazole rings is 1. The molecule has 1 saturated carbocycles. The smallest absolute Gasteiger partial charge is 0.304 e. The third-order valence-electron chi connectivity index (χ3n) is 6.46. The van der Waals surface area contributed by atoms with Crippen LogP contribution in [0.5, 0.6) is 5.88 Å². The maximum Gasteiger partial charge on any atom is 0.304 e. The molecule has 0 spiro atoms. The Hall–Kier alpha value is -4.11. The van der Waals surface area contributed by atoms with Crippen LogP contribution in [0.1, 0.15) is 24.8 Å². The van der Waals surface area contributed by atoms with E-state index in [1.165, 1.54) is 30.6 Å². The second-order valence-corrected chi connectivity index (χ2v) is 10.1. The van der Waals surface area contributed by atoms with Crippen LogP contribution < -0.4 is 9.64 Å². The maximum absolute atomic E-state index is 14.4. The molecular weight excluding hydrogens is 505 g/mol. The van der Waals surface area contributed by atoms with Crippen LogP contribution in [0.2, 0.25) is 0 Å². The van der Waals surface area contributed by atoms with Gasteiger partial charge in [0.15, 0.2) is 5.13 Å². The summed E-state index contributed by atoms with van der Waals surface area (Å²) in [6, 6.07) is 17.5. The van der Waals surface area contributed by atoms with Crippen LogP contribution in [0.15, 0.2) is 72.2 Å². The molecular formula is C29H26FN3O4S. The lowest BCUT2D eigenvalue weighted by Gasteiger charge is -2.25. The number of carboxylic acid groups (broad SMARTS) is 1. The van der Waals surface area contributed by atoms with Gasteiger partial charge in [0.2, 0.25) is 11.8 Å². The van der Waals surface area contributed by atoms with Gasteiger partial charge < -0.3 is 9.84 Å². The molecule has 5 rings (SSSR count). The molecule has 1 atom stereocenters. The number of hydrogen-bond acceptors (Lipinski definition) is 6. The van der Waals surface area contributed by atoms with E-state index in [0.29, 0.717) is 28.7 Å². The molecule has 194 valence electrons. The molecule has 0 bridgehead atoms. The van der Waals surface area contributed by atoms with Crippen molar-refractivity contribution in [2.24, 2.45) is 5.92 Å². The fraction of sp³-hybridized carbons (Fsp3) is 0.241. The first-order chi connectivity index (χ1) is 18.4. The van der Waals surface area contributed by atoms with Crippen molar-refractivity contribution >= 4 is 28.3 Å². The largest absolute Gasteiger partial charge is 0.481 e. The highest BCUT2D eigenvalue weighted by Crippen LogP contribution is 2.39. The topological polar surface area (TPSA) is 92.6 Å². The van der Waals surface area contributed by atoms with Crippen molar-refractivity contribution in [3.05, 3.63) is 83.6 Å². The molecule has 1 amide bonds. The van der Waals surface area contributed by atoms with E-state index in [1.807, 2.05) is 36.4 Å². The minimum absolute atomic E-state index is 0.0219. The molecule has 9 heteroatoms. The SMILES string of the molecule is COc1ccc(-c2ccc(F)cc2-c2csc(N(C(=O)[C@@H](CC(=O)O)Cc3ccccc3)C3CC3)n2)cn1. The van der Waals surface area contributed by atoms with Gasteiger partial charge in [-0.2, -0.15) is 0 Å². The van der Waals surface area contributed by atoms with E-state index in [2.05, 4.69) is 4.98 Å². The molecule has 1 N–H and O–H groups in total. The summed E-state index contributed by atoms with van der Waals surface area (Å²) in [5.74, 6) is -1.93. The van der Waals surface area contributed by atoms with E-state index < -0.39 is 17.7 Å². The average Bonchev–Trinajstić information content (AvgIpc) is 3.64.